The third-order valence-corrected chi connectivity index (χ3v) is 5.52. The van der Waals surface area contributed by atoms with Crippen LogP contribution in [0.15, 0.2) is 47.6 Å². The van der Waals surface area contributed by atoms with Gasteiger partial charge in [-0.2, -0.15) is 0 Å². The third kappa shape index (κ3) is 5.87. The van der Waals surface area contributed by atoms with Crippen molar-refractivity contribution in [1.29, 1.82) is 0 Å². The summed E-state index contributed by atoms with van der Waals surface area (Å²) in [4.78, 5) is 16.5. The molecule has 4 rings (SSSR count). The minimum Gasteiger partial charge on any atom is -0.357 e. The smallest absolute Gasteiger partial charge is 0.191 e. The summed E-state index contributed by atoms with van der Waals surface area (Å²) in [6, 6.07) is 12.8. The molecule has 1 aliphatic rings. The zero-order chi connectivity index (χ0) is 20.9. The standard InChI is InChI=1S/C23H31N7.HI/c1-4-24-23(25-15-20-16-30-18(3)8-6-10-22(30)27-20)28-19-11-13-29(14-12-19)21-9-5-7-17(2)26-21;/h5-10,16,19H,4,11-15H2,1-3H3,(H2,24,25,28);1H. The number of halogens is 1. The molecule has 1 aliphatic heterocycles. The van der Waals surface area contributed by atoms with E-state index in [9.17, 15) is 0 Å². The zero-order valence-corrected chi connectivity index (χ0v) is 20.8. The van der Waals surface area contributed by atoms with Gasteiger partial charge in [-0.1, -0.05) is 12.1 Å². The van der Waals surface area contributed by atoms with Crippen molar-refractivity contribution < 1.29 is 0 Å². The van der Waals surface area contributed by atoms with Crippen molar-refractivity contribution in [1.82, 2.24) is 25.0 Å². The molecular weight excluding hydrogens is 501 g/mol. The maximum atomic E-state index is 4.78. The molecule has 0 atom stereocenters. The number of aryl methyl sites for hydroxylation is 2. The summed E-state index contributed by atoms with van der Waals surface area (Å²) < 4.78 is 2.11. The average Bonchev–Trinajstić information content (AvgIpc) is 3.17. The number of pyridine rings is 2. The first-order valence-electron chi connectivity index (χ1n) is 10.8. The fourth-order valence-corrected chi connectivity index (χ4v) is 3.91. The van der Waals surface area contributed by atoms with Gasteiger partial charge in [0.2, 0.25) is 0 Å². The largest absolute Gasteiger partial charge is 0.357 e. The Bertz CT molecular complexity index is 1020. The van der Waals surface area contributed by atoms with E-state index < -0.39 is 0 Å². The van der Waals surface area contributed by atoms with Crippen LogP contribution in [-0.2, 0) is 6.54 Å². The second-order valence-corrected chi connectivity index (χ2v) is 7.87. The maximum absolute atomic E-state index is 4.78. The Labute approximate surface area is 201 Å². The maximum Gasteiger partial charge on any atom is 0.191 e. The van der Waals surface area contributed by atoms with Crippen LogP contribution in [0.25, 0.3) is 5.65 Å². The Hall–Kier alpha value is -2.36. The second kappa shape index (κ2) is 10.8. The molecule has 3 aromatic rings. The van der Waals surface area contributed by atoms with Crippen LogP contribution in [-0.4, -0.2) is 46.0 Å². The van der Waals surface area contributed by atoms with Crippen LogP contribution >= 0.6 is 24.0 Å². The van der Waals surface area contributed by atoms with Crippen molar-refractivity contribution >= 4 is 41.4 Å². The molecule has 0 unspecified atom stereocenters. The van der Waals surface area contributed by atoms with E-state index >= 15 is 0 Å². The summed E-state index contributed by atoms with van der Waals surface area (Å²) in [5, 5.41) is 6.99. The van der Waals surface area contributed by atoms with Crippen LogP contribution in [0.2, 0.25) is 0 Å². The van der Waals surface area contributed by atoms with Crippen LogP contribution in [0, 0.1) is 13.8 Å². The fraction of sp³-hybridized carbons (Fsp3) is 0.435. The second-order valence-electron chi connectivity index (χ2n) is 7.87. The number of nitrogens with one attached hydrogen (secondary N) is 2. The van der Waals surface area contributed by atoms with Gasteiger partial charge in [0, 0.05) is 43.3 Å². The van der Waals surface area contributed by atoms with E-state index in [4.69, 9.17) is 4.99 Å². The van der Waals surface area contributed by atoms with Crippen LogP contribution < -0.4 is 15.5 Å². The molecule has 0 spiro atoms. The SMILES string of the molecule is CCNC(=NCc1cn2c(C)cccc2n1)NC1CCN(c2cccc(C)n2)CC1.I. The summed E-state index contributed by atoms with van der Waals surface area (Å²) in [6.07, 6.45) is 4.20. The van der Waals surface area contributed by atoms with Gasteiger partial charge >= 0.3 is 0 Å². The van der Waals surface area contributed by atoms with Gasteiger partial charge in [-0.25, -0.2) is 15.0 Å². The van der Waals surface area contributed by atoms with Crippen molar-refractivity contribution in [2.45, 2.75) is 46.2 Å². The molecule has 0 bridgehead atoms. The summed E-state index contributed by atoms with van der Waals surface area (Å²) in [5.41, 5.74) is 4.18. The van der Waals surface area contributed by atoms with Crippen molar-refractivity contribution in [2.75, 3.05) is 24.5 Å². The van der Waals surface area contributed by atoms with E-state index in [1.54, 1.807) is 0 Å². The number of piperidine rings is 1. The molecule has 0 aromatic carbocycles. The number of hydrogen-bond acceptors (Lipinski definition) is 4. The zero-order valence-electron chi connectivity index (χ0n) is 18.5. The van der Waals surface area contributed by atoms with E-state index in [0.717, 1.165) is 61.3 Å². The highest BCUT2D eigenvalue weighted by atomic mass is 127. The molecule has 2 N–H and O–H groups in total. The van der Waals surface area contributed by atoms with Crippen molar-refractivity contribution in [3.05, 3.63) is 59.7 Å². The quantitative estimate of drug-likeness (QED) is 0.298. The Morgan fingerprint density at radius 2 is 1.87 bits per heavy atom. The lowest BCUT2D eigenvalue weighted by atomic mass is 10.1. The number of aromatic nitrogens is 3. The van der Waals surface area contributed by atoms with Crippen LogP contribution in [0.4, 0.5) is 5.82 Å². The molecule has 0 aliphatic carbocycles. The lowest BCUT2D eigenvalue weighted by Crippen LogP contribution is -2.48. The van der Waals surface area contributed by atoms with E-state index in [2.05, 4.69) is 68.1 Å². The topological polar surface area (TPSA) is 69.8 Å². The van der Waals surface area contributed by atoms with Gasteiger partial charge in [0.15, 0.2) is 5.96 Å². The summed E-state index contributed by atoms with van der Waals surface area (Å²) in [5.74, 6) is 1.94. The lowest BCUT2D eigenvalue weighted by molar-refractivity contribution is 0.459. The molecule has 4 heterocycles. The molecular formula is C23H32IN7. The number of nitrogens with zero attached hydrogens (tertiary/aromatic N) is 5. The number of imidazole rings is 1. The van der Waals surface area contributed by atoms with Gasteiger partial charge in [0.25, 0.3) is 0 Å². The average molecular weight is 533 g/mol. The van der Waals surface area contributed by atoms with Crippen LogP contribution in [0.1, 0.15) is 36.8 Å². The molecule has 0 saturated carbocycles. The predicted octanol–water partition coefficient (Wildman–Crippen LogP) is 3.69. The monoisotopic (exact) mass is 533 g/mol. The van der Waals surface area contributed by atoms with Crippen molar-refractivity contribution in [3.8, 4) is 0 Å². The number of hydrogen-bond donors (Lipinski definition) is 2. The molecule has 7 nitrogen and oxygen atoms in total. The Balaban J connectivity index is 0.00000272. The molecule has 0 radical (unpaired) electrons. The normalized spacial score (nSPS) is 15.1. The van der Waals surface area contributed by atoms with Gasteiger partial charge in [0.1, 0.15) is 11.5 Å². The number of rotatable bonds is 5. The first-order chi connectivity index (χ1) is 14.6. The number of anilines is 1. The highest BCUT2D eigenvalue weighted by Crippen LogP contribution is 2.18. The highest BCUT2D eigenvalue weighted by molar-refractivity contribution is 14.0. The van der Waals surface area contributed by atoms with Gasteiger partial charge in [-0.15, -0.1) is 24.0 Å². The first-order valence-corrected chi connectivity index (χ1v) is 10.8. The Kier molecular flexibility index (Phi) is 8.11. The van der Waals surface area contributed by atoms with Crippen LogP contribution in [0.3, 0.4) is 0 Å². The van der Waals surface area contributed by atoms with E-state index in [-0.39, 0.29) is 24.0 Å². The molecule has 8 heteroatoms. The Morgan fingerprint density at radius 3 is 2.58 bits per heavy atom. The van der Waals surface area contributed by atoms with Crippen LogP contribution in [0.5, 0.6) is 0 Å². The molecule has 31 heavy (non-hydrogen) atoms. The highest BCUT2D eigenvalue weighted by Gasteiger charge is 2.21. The molecule has 1 fully saturated rings. The third-order valence-electron chi connectivity index (χ3n) is 5.52. The number of guanidine groups is 1. The molecule has 1 saturated heterocycles. The predicted molar refractivity (Wildman–Crippen MR) is 138 cm³/mol. The van der Waals surface area contributed by atoms with Gasteiger partial charge in [-0.05, 0) is 57.9 Å². The summed E-state index contributed by atoms with van der Waals surface area (Å²) >= 11 is 0. The van der Waals surface area contributed by atoms with E-state index in [1.165, 1.54) is 5.69 Å². The van der Waals surface area contributed by atoms with Gasteiger partial charge in [0.05, 0.1) is 12.2 Å². The Morgan fingerprint density at radius 1 is 1.10 bits per heavy atom. The number of fused-ring (bicyclic) bond motifs is 1. The van der Waals surface area contributed by atoms with Gasteiger partial charge < -0.3 is 19.9 Å². The van der Waals surface area contributed by atoms with Crippen molar-refractivity contribution in [3.63, 3.8) is 0 Å². The summed E-state index contributed by atoms with van der Waals surface area (Å²) in [6.45, 7) is 9.62. The van der Waals surface area contributed by atoms with E-state index in [0.29, 0.717) is 12.6 Å². The molecule has 0 amide bonds. The first kappa shape index (κ1) is 23.3. The minimum atomic E-state index is 0. The summed E-state index contributed by atoms with van der Waals surface area (Å²) in [7, 11) is 0. The lowest BCUT2D eigenvalue weighted by Gasteiger charge is -2.34. The number of aliphatic imine (C=N–C) groups is 1. The molecule has 166 valence electrons. The molecule has 3 aromatic heterocycles. The fourth-order valence-electron chi connectivity index (χ4n) is 3.91. The van der Waals surface area contributed by atoms with E-state index in [1.807, 2.05) is 25.1 Å². The minimum absolute atomic E-state index is 0. The van der Waals surface area contributed by atoms with Crippen molar-refractivity contribution in [2.24, 2.45) is 4.99 Å². The van der Waals surface area contributed by atoms with Gasteiger partial charge in [-0.3, -0.25) is 0 Å².